The van der Waals surface area contributed by atoms with Crippen LogP contribution in [0.1, 0.15) is 18.7 Å². The van der Waals surface area contributed by atoms with E-state index in [0.29, 0.717) is 34.1 Å². The van der Waals surface area contributed by atoms with Gasteiger partial charge < -0.3 is 10.3 Å². The van der Waals surface area contributed by atoms with Gasteiger partial charge in [0.05, 0.1) is 23.4 Å². The molecule has 0 unspecified atom stereocenters. The molecular weight excluding hydrogens is 421 g/mol. The van der Waals surface area contributed by atoms with Crippen LogP contribution in [0.2, 0.25) is 0 Å². The molecule has 0 aliphatic heterocycles. The maximum atomic E-state index is 14.5. The zero-order chi connectivity index (χ0) is 22.4. The summed E-state index contributed by atoms with van der Waals surface area (Å²) in [6.45, 7) is 1.75. The fraction of sp³-hybridized carbons (Fsp3) is 0.0909. The Balaban J connectivity index is 1.74. The minimum atomic E-state index is -0.859. The Hall–Kier alpha value is -4.21. The number of halogens is 3. The number of imidazole rings is 1. The fourth-order valence-electron chi connectivity index (χ4n) is 3.75. The molecular formula is C22H15F3N6O. The number of hydrogen-bond donors (Lipinski definition) is 2. The maximum absolute atomic E-state index is 14.5. The number of anilines is 1. The van der Waals surface area contributed by atoms with Crippen LogP contribution in [0.15, 0.2) is 59.9 Å². The Morgan fingerprint density at radius 1 is 1.03 bits per heavy atom. The number of pyridine rings is 1. The van der Waals surface area contributed by atoms with Crippen molar-refractivity contribution in [2.24, 2.45) is 0 Å². The van der Waals surface area contributed by atoms with Crippen LogP contribution in [0.25, 0.3) is 27.6 Å². The summed E-state index contributed by atoms with van der Waals surface area (Å²) in [7, 11) is 0. The normalized spacial score (nSPS) is 12.4. The van der Waals surface area contributed by atoms with Crippen LogP contribution < -0.4 is 10.9 Å². The highest BCUT2D eigenvalue weighted by Crippen LogP contribution is 2.27. The first-order valence-electron chi connectivity index (χ1n) is 9.63. The molecule has 0 spiro atoms. The third-order valence-electron chi connectivity index (χ3n) is 5.15. The van der Waals surface area contributed by atoms with Gasteiger partial charge in [0.2, 0.25) is 0 Å². The van der Waals surface area contributed by atoms with Crippen molar-refractivity contribution in [3.05, 3.63) is 88.6 Å². The lowest BCUT2D eigenvalue weighted by molar-refractivity contribution is 0.580. The Kier molecular flexibility index (Phi) is 4.62. The molecule has 0 saturated heterocycles. The van der Waals surface area contributed by atoms with Crippen LogP contribution in [-0.4, -0.2) is 24.5 Å². The van der Waals surface area contributed by atoms with E-state index in [-0.39, 0.29) is 11.1 Å². The molecule has 0 aliphatic rings. The number of H-pyrrole nitrogens is 1. The van der Waals surface area contributed by atoms with E-state index in [1.54, 1.807) is 19.1 Å². The van der Waals surface area contributed by atoms with E-state index < -0.39 is 29.1 Å². The molecule has 160 valence electrons. The fourth-order valence-corrected chi connectivity index (χ4v) is 3.75. The van der Waals surface area contributed by atoms with Crippen LogP contribution in [0.5, 0.6) is 0 Å². The highest BCUT2D eigenvalue weighted by atomic mass is 19.1. The molecule has 7 nitrogen and oxygen atoms in total. The van der Waals surface area contributed by atoms with E-state index in [1.165, 1.54) is 18.7 Å². The molecule has 0 radical (unpaired) electrons. The van der Waals surface area contributed by atoms with Crippen molar-refractivity contribution < 1.29 is 13.2 Å². The molecule has 0 saturated carbocycles. The highest BCUT2D eigenvalue weighted by Gasteiger charge is 2.20. The van der Waals surface area contributed by atoms with Crippen LogP contribution in [-0.2, 0) is 0 Å². The lowest BCUT2D eigenvalue weighted by Gasteiger charge is -2.21. The van der Waals surface area contributed by atoms with Crippen molar-refractivity contribution in [2.75, 3.05) is 5.32 Å². The SMILES string of the molecule is C[C@@H](Nc1ncnc2nc[nH]c12)c1cc2cccc(F)c2c(=O)n1-c1cc(F)cc(F)c1. The van der Waals surface area contributed by atoms with Crippen LogP contribution >= 0.6 is 0 Å². The number of nitrogens with zero attached hydrogens (tertiary/aromatic N) is 4. The third kappa shape index (κ3) is 3.25. The van der Waals surface area contributed by atoms with E-state index in [4.69, 9.17) is 0 Å². The smallest absolute Gasteiger partial charge is 0.266 e. The van der Waals surface area contributed by atoms with Gasteiger partial charge in [0, 0.05) is 11.8 Å². The number of aromatic nitrogens is 5. The second kappa shape index (κ2) is 7.49. The second-order valence-corrected chi connectivity index (χ2v) is 7.23. The first kappa shape index (κ1) is 19.7. The van der Waals surface area contributed by atoms with Gasteiger partial charge in [-0.25, -0.2) is 28.1 Å². The number of aromatic amines is 1. The lowest BCUT2D eigenvalue weighted by Crippen LogP contribution is -2.26. The highest BCUT2D eigenvalue weighted by molar-refractivity contribution is 5.84. The molecule has 10 heteroatoms. The largest absolute Gasteiger partial charge is 0.360 e. The van der Waals surface area contributed by atoms with Gasteiger partial charge in [-0.05, 0) is 36.6 Å². The molecule has 5 aromatic rings. The summed E-state index contributed by atoms with van der Waals surface area (Å²) in [5.41, 5.74) is 0.556. The summed E-state index contributed by atoms with van der Waals surface area (Å²) >= 11 is 0. The predicted molar refractivity (Wildman–Crippen MR) is 113 cm³/mol. The molecule has 0 bridgehead atoms. The van der Waals surface area contributed by atoms with Crippen molar-refractivity contribution in [3.63, 3.8) is 0 Å². The molecule has 0 amide bonds. The van der Waals surface area contributed by atoms with Gasteiger partial charge in [-0.15, -0.1) is 0 Å². The molecule has 3 aromatic heterocycles. The number of rotatable bonds is 4. The molecule has 2 N–H and O–H groups in total. The number of hydrogen-bond acceptors (Lipinski definition) is 5. The monoisotopic (exact) mass is 436 g/mol. The average molecular weight is 436 g/mol. The summed E-state index contributed by atoms with van der Waals surface area (Å²) in [6, 6.07) is 8.02. The molecule has 2 aromatic carbocycles. The van der Waals surface area contributed by atoms with Crippen molar-refractivity contribution in [1.82, 2.24) is 24.5 Å². The van der Waals surface area contributed by atoms with Gasteiger partial charge in [0.15, 0.2) is 11.5 Å². The molecule has 5 rings (SSSR count). The van der Waals surface area contributed by atoms with Gasteiger partial charge >= 0.3 is 0 Å². The van der Waals surface area contributed by atoms with Crippen molar-refractivity contribution in [3.8, 4) is 5.69 Å². The minimum absolute atomic E-state index is 0.0596. The summed E-state index contributed by atoms with van der Waals surface area (Å²) in [6.07, 6.45) is 2.81. The van der Waals surface area contributed by atoms with Crippen molar-refractivity contribution in [2.45, 2.75) is 13.0 Å². The van der Waals surface area contributed by atoms with E-state index >= 15 is 0 Å². The predicted octanol–water partition coefficient (Wildman–Crippen LogP) is 4.25. The maximum Gasteiger partial charge on any atom is 0.266 e. The number of benzene rings is 2. The van der Waals surface area contributed by atoms with Crippen molar-refractivity contribution >= 4 is 27.8 Å². The van der Waals surface area contributed by atoms with Gasteiger partial charge in [0.25, 0.3) is 5.56 Å². The zero-order valence-corrected chi connectivity index (χ0v) is 16.6. The quantitative estimate of drug-likeness (QED) is 0.440. The summed E-state index contributed by atoms with van der Waals surface area (Å²) in [5, 5.41) is 3.36. The Morgan fingerprint density at radius 2 is 1.81 bits per heavy atom. The number of nitrogens with one attached hydrogen (secondary N) is 2. The Bertz CT molecular complexity index is 1520. The standard InChI is InChI=1S/C22H15F3N6O/c1-11(30-21-19-20(27-9-26-19)28-10-29-21)17-5-12-3-2-4-16(25)18(12)22(32)31(17)15-7-13(23)6-14(24)8-15/h2-11H,1H3,(H2,26,27,28,29,30)/t11-/m1/s1. The minimum Gasteiger partial charge on any atom is -0.360 e. The number of fused-ring (bicyclic) bond motifs is 2. The third-order valence-corrected chi connectivity index (χ3v) is 5.15. The summed E-state index contributed by atoms with van der Waals surface area (Å²) in [4.78, 5) is 28.6. The summed E-state index contributed by atoms with van der Waals surface area (Å²) < 4.78 is 43.6. The Labute approximate surface area is 178 Å². The van der Waals surface area contributed by atoms with E-state index in [2.05, 4.69) is 25.3 Å². The van der Waals surface area contributed by atoms with E-state index in [9.17, 15) is 18.0 Å². The molecule has 1 atom stereocenters. The van der Waals surface area contributed by atoms with Gasteiger partial charge in [-0.1, -0.05) is 12.1 Å². The van der Waals surface area contributed by atoms with Gasteiger partial charge in [0.1, 0.15) is 29.3 Å². The van der Waals surface area contributed by atoms with Gasteiger partial charge in [-0.2, -0.15) is 0 Å². The second-order valence-electron chi connectivity index (χ2n) is 7.23. The molecule has 32 heavy (non-hydrogen) atoms. The van der Waals surface area contributed by atoms with Gasteiger partial charge in [-0.3, -0.25) is 9.36 Å². The van der Waals surface area contributed by atoms with Crippen LogP contribution in [0.3, 0.4) is 0 Å². The zero-order valence-electron chi connectivity index (χ0n) is 16.6. The average Bonchev–Trinajstić information content (AvgIpc) is 3.22. The van der Waals surface area contributed by atoms with E-state index in [1.807, 2.05) is 0 Å². The molecule has 0 fully saturated rings. The molecule has 3 heterocycles. The lowest BCUT2D eigenvalue weighted by atomic mass is 10.1. The van der Waals surface area contributed by atoms with Crippen molar-refractivity contribution in [1.29, 1.82) is 0 Å². The topological polar surface area (TPSA) is 88.5 Å². The van der Waals surface area contributed by atoms with Crippen LogP contribution in [0.4, 0.5) is 19.0 Å². The molecule has 0 aliphatic carbocycles. The first-order valence-corrected chi connectivity index (χ1v) is 9.63. The summed E-state index contributed by atoms with van der Waals surface area (Å²) in [5.74, 6) is -2.02. The first-order chi connectivity index (χ1) is 15.4. The Morgan fingerprint density at radius 3 is 2.59 bits per heavy atom. The van der Waals surface area contributed by atoms with E-state index in [0.717, 1.165) is 22.8 Å². The van der Waals surface area contributed by atoms with Crippen LogP contribution in [0, 0.1) is 17.5 Å².